The summed E-state index contributed by atoms with van der Waals surface area (Å²) in [5, 5.41) is 0. The molecule has 0 N–H and O–H groups in total. The number of rotatable bonds is 14. The molecule has 0 aromatic heterocycles. The molecule has 0 aromatic carbocycles. The highest BCUT2D eigenvalue weighted by Gasteiger charge is 2.23. The van der Waals surface area contributed by atoms with Gasteiger partial charge in [0.05, 0.1) is 66.1 Å². The van der Waals surface area contributed by atoms with Crippen molar-refractivity contribution in [3.8, 4) is 0 Å². The lowest BCUT2D eigenvalue weighted by Crippen LogP contribution is -2.06. The van der Waals surface area contributed by atoms with Crippen LogP contribution in [0.1, 0.15) is 21.8 Å². The van der Waals surface area contributed by atoms with Gasteiger partial charge < -0.3 is 47.4 Å². The molecule has 10 nitrogen and oxygen atoms in total. The Morgan fingerprint density at radius 1 is 0.562 bits per heavy atom. The van der Waals surface area contributed by atoms with Gasteiger partial charge >= 0.3 is 0 Å². The lowest BCUT2D eigenvalue weighted by molar-refractivity contribution is -0.0351. The molecule has 0 spiro atoms. The predicted octanol–water partition coefficient (Wildman–Crippen LogP) is 1.78. The normalized spacial score (nSPS) is 25.1. The third-order valence-electron chi connectivity index (χ3n) is 3.71. The first-order valence-electron chi connectivity index (χ1n) is 10.4. The average molecular weight is 473 g/mol. The third kappa shape index (κ3) is 27.6. The van der Waals surface area contributed by atoms with Crippen LogP contribution in [-0.2, 0) is 47.4 Å². The maximum Gasteiger partial charge on any atom is 0.146 e. The van der Waals surface area contributed by atoms with E-state index in [9.17, 15) is 0 Å². The summed E-state index contributed by atoms with van der Waals surface area (Å²) in [7, 11) is 4.95. The summed E-state index contributed by atoms with van der Waals surface area (Å²) in [6, 6.07) is 0. The first-order chi connectivity index (χ1) is 14.7. The summed E-state index contributed by atoms with van der Waals surface area (Å²) in [5.74, 6) is 0. The zero-order valence-corrected chi connectivity index (χ0v) is 18.9. The predicted molar refractivity (Wildman–Crippen MR) is 121 cm³/mol. The number of methoxy groups -OCH3 is 3. The summed E-state index contributed by atoms with van der Waals surface area (Å²) < 4.78 is 48.8. The largest absolute Gasteiger partial charge is 0.382 e. The topological polar surface area (TPSA) is 106 Å². The highest BCUT2D eigenvalue weighted by Crippen LogP contribution is 2.09. The van der Waals surface area contributed by atoms with Crippen molar-refractivity contribution in [3.63, 3.8) is 0 Å². The molecule has 0 saturated carbocycles. The van der Waals surface area contributed by atoms with E-state index in [-0.39, 0.29) is 14.9 Å². The van der Waals surface area contributed by atoms with Crippen LogP contribution in [0.5, 0.6) is 0 Å². The van der Waals surface area contributed by atoms with Crippen LogP contribution in [0.3, 0.4) is 0 Å². The van der Waals surface area contributed by atoms with Crippen molar-refractivity contribution < 1.29 is 47.4 Å². The van der Waals surface area contributed by atoms with Crippen molar-refractivity contribution in [2.75, 3.05) is 101 Å². The molecule has 0 amide bonds. The summed E-state index contributed by atoms with van der Waals surface area (Å²) in [4.78, 5) is 0. The van der Waals surface area contributed by atoms with E-state index >= 15 is 0 Å². The third-order valence-corrected chi connectivity index (χ3v) is 3.71. The Balaban J connectivity index is 0. The van der Waals surface area contributed by atoms with Gasteiger partial charge in [0, 0.05) is 27.9 Å². The quantitative estimate of drug-likeness (QED) is 0.211. The molecule has 4 heterocycles. The van der Waals surface area contributed by atoms with E-state index in [1.807, 2.05) is 6.92 Å². The van der Waals surface area contributed by atoms with Gasteiger partial charge in [-0.3, -0.25) is 0 Å². The molecule has 4 rings (SSSR count). The van der Waals surface area contributed by atoms with Crippen LogP contribution in [0.15, 0.2) is 0 Å². The highest BCUT2D eigenvalue weighted by atomic mass is 16.7. The smallest absolute Gasteiger partial charge is 0.146 e. The van der Waals surface area contributed by atoms with Gasteiger partial charge in [-0.05, 0) is 6.92 Å². The minimum Gasteiger partial charge on any atom is -0.382 e. The van der Waals surface area contributed by atoms with E-state index in [1.165, 1.54) is 0 Å². The molecule has 196 valence electrons. The van der Waals surface area contributed by atoms with Gasteiger partial charge in [0.1, 0.15) is 31.2 Å². The summed E-state index contributed by atoms with van der Waals surface area (Å²) in [6.07, 6.45) is 1.59. The monoisotopic (exact) mass is 472 g/mol. The number of hydrogen-bond donors (Lipinski definition) is 0. The van der Waals surface area contributed by atoms with Crippen molar-refractivity contribution in [3.05, 3.63) is 0 Å². The van der Waals surface area contributed by atoms with Gasteiger partial charge in [0.25, 0.3) is 0 Å². The Labute approximate surface area is 195 Å². The molecule has 0 aromatic rings. The Kier molecular flexibility index (Phi) is 25.1. The van der Waals surface area contributed by atoms with E-state index in [2.05, 4.69) is 4.74 Å². The highest BCUT2D eigenvalue weighted by molar-refractivity contribution is 4.68. The second-order valence-corrected chi connectivity index (χ2v) is 6.78. The van der Waals surface area contributed by atoms with Gasteiger partial charge in [0.15, 0.2) is 0 Å². The van der Waals surface area contributed by atoms with E-state index in [4.69, 9.17) is 42.6 Å². The number of epoxide rings is 4. The molecule has 10 heteroatoms. The van der Waals surface area contributed by atoms with Crippen LogP contribution in [-0.4, -0.2) is 125 Å². The maximum absolute atomic E-state index is 5.15. The second-order valence-electron chi connectivity index (χ2n) is 6.78. The Hall–Kier alpha value is -0.400. The molecule has 4 atom stereocenters. The summed E-state index contributed by atoms with van der Waals surface area (Å²) in [6.45, 7) is 11.0. The molecular formula is C22H48O10. The Morgan fingerprint density at radius 3 is 1.34 bits per heavy atom. The lowest BCUT2D eigenvalue weighted by atomic mass is 10.5. The van der Waals surface area contributed by atoms with Gasteiger partial charge in [-0.15, -0.1) is 0 Å². The first-order valence-corrected chi connectivity index (χ1v) is 10.4. The fourth-order valence-corrected chi connectivity index (χ4v) is 1.71. The lowest BCUT2D eigenvalue weighted by Gasteiger charge is -1.98. The molecule has 4 aliphatic rings. The van der Waals surface area contributed by atoms with Crippen LogP contribution < -0.4 is 0 Å². The van der Waals surface area contributed by atoms with Crippen LogP contribution in [0.4, 0.5) is 0 Å². The van der Waals surface area contributed by atoms with Crippen LogP contribution >= 0.6 is 0 Å². The van der Waals surface area contributed by atoms with E-state index < -0.39 is 0 Å². The van der Waals surface area contributed by atoms with Crippen LogP contribution in [0.2, 0.25) is 0 Å². The Morgan fingerprint density at radius 2 is 1.00 bits per heavy atom. The molecule has 0 bridgehead atoms. The standard InChI is InChI=1S/C6H12O3.C5H10O3.C5H10O2.C4H8O2.2CH4/c1-7-2-3-8-4-6-5-9-6;1-6-4-7-2-5-3-8-5;1-2-6-3-5-4-7-5;1-5-2-4-3-6-4;;/h6H,2-5H2,1H3;5H,2-4H2,1H3;5H,2-4H2,1H3;4H,2-3H2,1H3;2*1H4. The fourth-order valence-electron chi connectivity index (χ4n) is 1.71. The van der Waals surface area contributed by atoms with Gasteiger partial charge in [-0.25, -0.2) is 0 Å². The van der Waals surface area contributed by atoms with Crippen molar-refractivity contribution in [2.45, 2.75) is 46.2 Å². The summed E-state index contributed by atoms with van der Waals surface area (Å²) >= 11 is 0. The number of hydrogen-bond acceptors (Lipinski definition) is 10. The Bertz CT molecular complexity index is 359. The molecule has 0 radical (unpaired) electrons. The minimum atomic E-state index is 0. The average Bonchev–Trinajstić information content (AvgIpc) is 3.59. The zero-order chi connectivity index (χ0) is 21.9. The second kappa shape index (κ2) is 23.7. The van der Waals surface area contributed by atoms with E-state index in [0.29, 0.717) is 51.0 Å². The minimum absolute atomic E-state index is 0. The van der Waals surface area contributed by atoms with Crippen molar-refractivity contribution in [2.24, 2.45) is 0 Å². The molecule has 4 unspecified atom stereocenters. The van der Waals surface area contributed by atoms with Crippen molar-refractivity contribution >= 4 is 0 Å². The van der Waals surface area contributed by atoms with Gasteiger partial charge in [-0.1, -0.05) is 14.9 Å². The van der Waals surface area contributed by atoms with Gasteiger partial charge in [-0.2, -0.15) is 0 Å². The zero-order valence-electron chi connectivity index (χ0n) is 18.9. The molecule has 4 fully saturated rings. The number of ether oxygens (including phenoxy) is 10. The van der Waals surface area contributed by atoms with Crippen LogP contribution in [0.25, 0.3) is 0 Å². The van der Waals surface area contributed by atoms with Crippen molar-refractivity contribution in [1.29, 1.82) is 0 Å². The van der Waals surface area contributed by atoms with E-state index in [1.54, 1.807) is 21.3 Å². The van der Waals surface area contributed by atoms with Crippen LogP contribution in [0, 0.1) is 0 Å². The fraction of sp³-hybridized carbons (Fsp3) is 1.00. The SMILES string of the molecule is C.C.CCOCC1CO1.COCC1CO1.COCCOCC1CO1.COCOCC1CO1. The maximum atomic E-state index is 5.15. The first kappa shape index (κ1) is 33.8. The molecular weight excluding hydrogens is 424 g/mol. The van der Waals surface area contributed by atoms with E-state index in [0.717, 1.165) is 52.9 Å². The molecule has 4 aliphatic heterocycles. The molecule has 4 saturated heterocycles. The molecule has 0 aliphatic carbocycles. The van der Waals surface area contributed by atoms with Gasteiger partial charge in [0.2, 0.25) is 0 Å². The molecule has 32 heavy (non-hydrogen) atoms. The summed E-state index contributed by atoms with van der Waals surface area (Å²) in [5.41, 5.74) is 0. The van der Waals surface area contributed by atoms with Crippen molar-refractivity contribution in [1.82, 2.24) is 0 Å².